The number of hydrogen-bond donors (Lipinski definition) is 1. The summed E-state index contributed by atoms with van der Waals surface area (Å²) in [7, 11) is 2.13. The smallest absolute Gasteiger partial charge is 0.0574 e. The highest BCUT2D eigenvalue weighted by Gasteiger charge is 2.48. The van der Waals surface area contributed by atoms with Crippen LogP contribution in [0.1, 0.15) is 12.8 Å². The second-order valence-corrected chi connectivity index (χ2v) is 3.03. The SMILES string of the molecule is CN1C(N)CC2CC21. The molecule has 1 aliphatic heterocycles. The summed E-state index contributed by atoms with van der Waals surface area (Å²) in [5.41, 5.74) is 5.72. The fraction of sp³-hybridized carbons (Fsp3) is 1.00. The van der Waals surface area contributed by atoms with Gasteiger partial charge in [-0.1, -0.05) is 0 Å². The van der Waals surface area contributed by atoms with Crippen molar-refractivity contribution in [3.63, 3.8) is 0 Å². The standard InChI is InChI=1S/C6H12N2/c1-8-5-2-4(5)3-6(8)7/h4-6H,2-3,7H2,1H3. The molecule has 8 heavy (non-hydrogen) atoms. The lowest BCUT2D eigenvalue weighted by Gasteiger charge is -2.16. The number of likely N-dealkylation sites (tertiary alicyclic amines) is 1. The molecule has 0 aromatic rings. The lowest BCUT2D eigenvalue weighted by atomic mass is 10.3. The highest BCUT2D eigenvalue weighted by Crippen LogP contribution is 2.45. The quantitative estimate of drug-likeness (QED) is 0.477. The first kappa shape index (κ1) is 4.77. The largest absolute Gasteiger partial charge is 0.316 e. The molecule has 2 aliphatic rings. The van der Waals surface area contributed by atoms with Crippen LogP contribution in [0, 0.1) is 5.92 Å². The molecular weight excluding hydrogens is 100 g/mol. The molecule has 2 N–H and O–H groups in total. The third-order valence-electron chi connectivity index (χ3n) is 2.48. The minimum atomic E-state index is 0.374. The van der Waals surface area contributed by atoms with Crippen molar-refractivity contribution in [1.29, 1.82) is 0 Å². The Morgan fingerprint density at radius 1 is 1.50 bits per heavy atom. The van der Waals surface area contributed by atoms with Crippen LogP contribution in [0.3, 0.4) is 0 Å². The molecule has 46 valence electrons. The summed E-state index contributed by atoms with van der Waals surface area (Å²) in [6.07, 6.45) is 3.02. The lowest BCUT2D eigenvalue weighted by Crippen LogP contribution is -2.35. The van der Waals surface area contributed by atoms with E-state index in [4.69, 9.17) is 5.73 Å². The average molecular weight is 112 g/mol. The van der Waals surface area contributed by atoms with Gasteiger partial charge in [-0.15, -0.1) is 0 Å². The number of nitrogens with zero attached hydrogens (tertiary/aromatic N) is 1. The van der Waals surface area contributed by atoms with E-state index in [1.807, 2.05) is 0 Å². The van der Waals surface area contributed by atoms with E-state index in [0.29, 0.717) is 6.17 Å². The molecule has 0 aromatic heterocycles. The van der Waals surface area contributed by atoms with Gasteiger partial charge < -0.3 is 5.73 Å². The molecule has 0 spiro atoms. The summed E-state index contributed by atoms with van der Waals surface area (Å²) in [5.74, 6) is 0.968. The van der Waals surface area contributed by atoms with E-state index in [1.54, 1.807) is 0 Å². The van der Waals surface area contributed by atoms with Gasteiger partial charge in [0.05, 0.1) is 6.17 Å². The zero-order valence-electron chi connectivity index (χ0n) is 5.17. The molecule has 2 nitrogen and oxygen atoms in total. The highest BCUT2D eigenvalue weighted by atomic mass is 15.3. The first-order chi connectivity index (χ1) is 3.79. The Kier molecular flexibility index (Phi) is 0.746. The monoisotopic (exact) mass is 112 g/mol. The fourth-order valence-corrected chi connectivity index (χ4v) is 1.71. The number of nitrogens with two attached hydrogens (primary N) is 1. The molecule has 0 amide bonds. The van der Waals surface area contributed by atoms with Crippen molar-refractivity contribution in [2.45, 2.75) is 25.0 Å². The van der Waals surface area contributed by atoms with Gasteiger partial charge in [0.15, 0.2) is 0 Å². The van der Waals surface area contributed by atoms with E-state index in [1.165, 1.54) is 12.8 Å². The zero-order valence-corrected chi connectivity index (χ0v) is 5.17. The number of rotatable bonds is 0. The Morgan fingerprint density at radius 3 is 2.50 bits per heavy atom. The molecule has 0 bridgehead atoms. The van der Waals surface area contributed by atoms with Crippen LogP contribution in [0.2, 0.25) is 0 Å². The van der Waals surface area contributed by atoms with E-state index >= 15 is 0 Å². The van der Waals surface area contributed by atoms with E-state index in [0.717, 1.165) is 12.0 Å². The van der Waals surface area contributed by atoms with Gasteiger partial charge in [0, 0.05) is 6.04 Å². The van der Waals surface area contributed by atoms with E-state index in [9.17, 15) is 0 Å². The van der Waals surface area contributed by atoms with Crippen LogP contribution in [0.25, 0.3) is 0 Å². The molecule has 3 unspecified atom stereocenters. The fourth-order valence-electron chi connectivity index (χ4n) is 1.71. The molecule has 2 heteroatoms. The molecular formula is C6H12N2. The van der Waals surface area contributed by atoms with Gasteiger partial charge in [-0.3, -0.25) is 4.90 Å². The summed E-state index contributed by atoms with van der Waals surface area (Å²) in [5, 5.41) is 0. The van der Waals surface area contributed by atoms with Crippen molar-refractivity contribution in [2.75, 3.05) is 7.05 Å². The van der Waals surface area contributed by atoms with Gasteiger partial charge >= 0.3 is 0 Å². The van der Waals surface area contributed by atoms with Gasteiger partial charge in [-0.25, -0.2) is 0 Å². The Balaban J connectivity index is 2.08. The number of piperidine rings is 1. The second kappa shape index (κ2) is 1.25. The van der Waals surface area contributed by atoms with Crippen LogP contribution in [-0.2, 0) is 0 Å². The molecule has 0 radical (unpaired) electrons. The maximum atomic E-state index is 5.72. The summed E-state index contributed by atoms with van der Waals surface area (Å²) in [6, 6.07) is 0.866. The molecule has 2 fully saturated rings. The van der Waals surface area contributed by atoms with Crippen molar-refractivity contribution >= 4 is 0 Å². The van der Waals surface area contributed by atoms with Gasteiger partial charge in [0.1, 0.15) is 0 Å². The topological polar surface area (TPSA) is 29.3 Å². The Hall–Kier alpha value is -0.0800. The third kappa shape index (κ3) is 0.446. The lowest BCUT2D eigenvalue weighted by molar-refractivity contribution is 0.274. The number of hydrogen-bond acceptors (Lipinski definition) is 2. The van der Waals surface area contributed by atoms with Gasteiger partial charge in [-0.2, -0.15) is 0 Å². The molecule has 1 heterocycles. The first-order valence-electron chi connectivity index (χ1n) is 3.26. The molecule has 2 rings (SSSR count). The van der Waals surface area contributed by atoms with E-state index in [2.05, 4.69) is 11.9 Å². The van der Waals surface area contributed by atoms with Crippen LogP contribution in [0.4, 0.5) is 0 Å². The predicted molar refractivity (Wildman–Crippen MR) is 32.3 cm³/mol. The van der Waals surface area contributed by atoms with Crippen LogP contribution < -0.4 is 5.73 Å². The average Bonchev–Trinajstić information content (AvgIpc) is 2.39. The van der Waals surface area contributed by atoms with Crippen molar-refractivity contribution in [1.82, 2.24) is 4.90 Å². The highest BCUT2D eigenvalue weighted by molar-refractivity contribution is 5.02. The maximum absolute atomic E-state index is 5.72. The minimum Gasteiger partial charge on any atom is -0.316 e. The molecule has 1 saturated heterocycles. The summed E-state index contributed by atoms with van der Waals surface area (Å²) in [6.45, 7) is 0. The molecule has 1 aliphatic carbocycles. The maximum Gasteiger partial charge on any atom is 0.0574 e. The summed E-state index contributed by atoms with van der Waals surface area (Å²) < 4.78 is 0. The van der Waals surface area contributed by atoms with Crippen molar-refractivity contribution in [3.05, 3.63) is 0 Å². The van der Waals surface area contributed by atoms with Gasteiger partial charge in [0.25, 0.3) is 0 Å². The third-order valence-corrected chi connectivity index (χ3v) is 2.48. The Bertz CT molecular complexity index is 111. The summed E-state index contributed by atoms with van der Waals surface area (Å²) >= 11 is 0. The van der Waals surface area contributed by atoms with Crippen molar-refractivity contribution < 1.29 is 0 Å². The molecule has 0 aromatic carbocycles. The Labute approximate surface area is 49.7 Å². The first-order valence-corrected chi connectivity index (χ1v) is 3.26. The normalized spacial score (nSPS) is 54.0. The van der Waals surface area contributed by atoms with Crippen LogP contribution in [0.15, 0.2) is 0 Å². The summed E-state index contributed by atoms with van der Waals surface area (Å²) in [4.78, 5) is 2.30. The van der Waals surface area contributed by atoms with Crippen LogP contribution >= 0.6 is 0 Å². The zero-order chi connectivity index (χ0) is 5.72. The molecule has 3 atom stereocenters. The van der Waals surface area contributed by atoms with Crippen molar-refractivity contribution in [2.24, 2.45) is 11.7 Å². The predicted octanol–water partition coefficient (Wildman–Crippen LogP) is -0.00480. The van der Waals surface area contributed by atoms with Gasteiger partial charge in [0.2, 0.25) is 0 Å². The van der Waals surface area contributed by atoms with Gasteiger partial charge in [-0.05, 0) is 25.8 Å². The van der Waals surface area contributed by atoms with E-state index < -0.39 is 0 Å². The van der Waals surface area contributed by atoms with E-state index in [-0.39, 0.29) is 0 Å². The second-order valence-electron chi connectivity index (χ2n) is 3.03. The number of fused-ring (bicyclic) bond motifs is 1. The molecule has 1 saturated carbocycles. The van der Waals surface area contributed by atoms with Crippen LogP contribution in [0.5, 0.6) is 0 Å². The van der Waals surface area contributed by atoms with Crippen molar-refractivity contribution in [3.8, 4) is 0 Å². The Morgan fingerprint density at radius 2 is 2.25 bits per heavy atom. The minimum absolute atomic E-state index is 0.374. The van der Waals surface area contributed by atoms with Crippen LogP contribution in [-0.4, -0.2) is 24.2 Å².